The first-order valence-electron chi connectivity index (χ1n) is 6.95. The lowest BCUT2D eigenvalue weighted by Crippen LogP contribution is -2.04. The molecular weight excluding hydrogens is 268 g/mol. The largest absolute Gasteiger partial charge is 0.296 e. The number of aromatic nitrogens is 2. The predicted molar refractivity (Wildman–Crippen MR) is 84.9 cm³/mol. The highest BCUT2D eigenvalue weighted by molar-refractivity contribution is 6.17. The average molecular weight is 285 g/mol. The summed E-state index contributed by atoms with van der Waals surface area (Å²) in [4.78, 5) is 4.73. The third-order valence-electron chi connectivity index (χ3n) is 3.56. The minimum atomic E-state index is 0.581. The van der Waals surface area contributed by atoms with Gasteiger partial charge in [0, 0.05) is 12.3 Å². The molecule has 0 N–H and O–H groups in total. The van der Waals surface area contributed by atoms with Gasteiger partial charge in [-0.15, -0.1) is 11.6 Å². The summed E-state index contributed by atoms with van der Waals surface area (Å²) in [6, 6.07) is 16.7. The first-order chi connectivity index (χ1) is 9.85. The van der Waals surface area contributed by atoms with Gasteiger partial charge >= 0.3 is 0 Å². The van der Waals surface area contributed by atoms with Gasteiger partial charge in [-0.2, -0.15) is 0 Å². The molecule has 0 saturated heterocycles. The van der Waals surface area contributed by atoms with Crippen molar-refractivity contribution in [3.05, 3.63) is 59.9 Å². The third kappa shape index (κ3) is 2.20. The molecule has 0 aliphatic heterocycles. The monoisotopic (exact) mass is 284 g/mol. The zero-order chi connectivity index (χ0) is 13.9. The SMILES string of the molecule is CCc1ccccc1-n1c(CCCl)nc2ccccc21. The van der Waals surface area contributed by atoms with E-state index in [2.05, 4.69) is 54.0 Å². The number of rotatable bonds is 4. The lowest BCUT2D eigenvalue weighted by Gasteiger charge is -2.12. The van der Waals surface area contributed by atoms with Crippen LogP contribution in [-0.4, -0.2) is 15.4 Å². The molecule has 3 aromatic rings. The van der Waals surface area contributed by atoms with Gasteiger partial charge in [0.05, 0.1) is 16.7 Å². The van der Waals surface area contributed by atoms with Crippen molar-refractivity contribution in [3.63, 3.8) is 0 Å². The van der Waals surface area contributed by atoms with E-state index in [4.69, 9.17) is 16.6 Å². The van der Waals surface area contributed by atoms with Gasteiger partial charge in [-0.1, -0.05) is 37.3 Å². The smallest absolute Gasteiger partial charge is 0.115 e. The Bertz CT molecular complexity index is 731. The van der Waals surface area contributed by atoms with E-state index in [1.54, 1.807) is 0 Å². The molecular formula is C17H17ClN2. The number of aryl methyl sites for hydroxylation is 2. The Balaban J connectivity index is 2.30. The number of fused-ring (bicyclic) bond motifs is 1. The molecule has 1 aromatic heterocycles. The first kappa shape index (κ1) is 13.2. The van der Waals surface area contributed by atoms with Gasteiger partial charge in [-0.25, -0.2) is 4.98 Å². The molecule has 1 heterocycles. The van der Waals surface area contributed by atoms with Crippen molar-refractivity contribution in [2.24, 2.45) is 0 Å². The Morgan fingerprint density at radius 2 is 1.80 bits per heavy atom. The number of halogens is 1. The summed E-state index contributed by atoms with van der Waals surface area (Å²) in [5, 5.41) is 0. The molecule has 2 aromatic carbocycles. The van der Waals surface area contributed by atoms with Gasteiger partial charge in [0.2, 0.25) is 0 Å². The van der Waals surface area contributed by atoms with Crippen molar-refractivity contribution in [3.8, 4) is 5.69 Å². The highest BCUT2D eigenvalue weighted by Crippen LogP contribution is 2.24. The van der Waals surface area contributed by atoms with E-state index in [0.29, 0.717) is 5.88 Å². The zero-order valence-corrected chi connectivity index (χ0v) is 12.3. The maximum absolute atomic E-state index is 5.94. The van der Waals surface area contributed by atoms with Gasteiger partial charge in [0.15, 0.2) is 0 Å². The third-order valence-corrected chi connectivity index (χ3v) is 3.75. The van der Waals surface area contributed by atoms with Crippen molar-refractivity contribution in [1.82, 2.24) is 9.55 Å². The van der Waals surface area contributed by atoms with Crippen LogP contribution < -0.4 is 0 Å². The second-order valence-electron chi connectivity index (χ2n) is 4.77. The molecule has 0 fully saturated rings. The molecule has 3 rings (SSSR count). The quantitative estimate of drug-likeness (QED) is 0.651. The summed E-state index contributed by atoms with van der Waals surface area (Å²) in [5.41, 5.74) is 4.71. The predicted octanol–water partition coefficient (Wildman–Crippen LogP) is 4.37. The van der Waals surface area contributed by atoms with Crippen LogP contribution >= 0.6 is 11.6 Å². The number of hydrogen-bond donors (Lipinski definition) is 0. The number of hydrogen-bond acceptors (Lipinski definition) is 1. The molecule has 0 aliphatic rings. The standard InChI is InChI=1S/C17H17ClN2/c1-2-13-7-3-5-9-15(13)20-16-10-6-4-8-14(16)19-17(20)11-12-18/h3-10H,2,11-12H2,1H3. The molecule has 3 heteroatoms. The molecule has 102 valence electrons. The van der Waals surface area contributed by atoms with Crippen molar-refractivity contribution in [2.75, 3.05) is 5.88 Å². The zero-order valence-electron chi connectivity index (χ0n) is 11.5. The minimum Gasteiger partial charge on any atom is -0.296 e. The lowest BCUT2D eigenvalue weighted by molar-refractivity contribution is 0.899. The van der Waals surface area contributed by atoms with Crippen LogP contribution in [0.5, 0.6) is 0 Å². The van der Waals surface area contributed by atoms with E-state index in [1.807, 2.05) is 6.07 Å². The van der Waals surface area contributed by atoms with Crippen LogP contribution in [0.25, 0.3) is 16.7 Å². The maximum Gasteiger partial charge on any atom is 0.115 e. The van der Waals surface area contributed by atoms with E-state index in [9.17, 15) is 0 Å². The van der Waals surface area contributed by atoms with E-state index in [0.717, 1.165) is 29.7 Å². The Labute approximate surface area is 124 Å². The maximum atomic E-state index is 5.94. The summed E-state index contributed by atoms with van der Waals surface area (Å²) >= 11 is 5.94. The van der Waals surface area contributed by atoms with E-state index < -0.39 is 0 Å². The Morgan fingerprint density at radius 1 is 1.05 bits per heavy atom. The first-order valence-corrected chi connectivity index (χ1v) is 7.49. The summed E-state index contributed by atoms with van der Waals surface area (Å²) in [6.45, 7) is 2.18. The van der Waals surface area contributed by atoms with Crippen LogP contribution in [0.3, 0.4) is 0 Å². The molecule has 2 nitrogen and oxygen atoms in total. The van der Waals surface area contributed by atoms with Crippen LogP contribution in [0.4, 0.5) is 0 Å². The average Bonchev–Trinajstić information content (AvgIpc) is 2.85. The van der Waals surface area contributed by atoms with Crippen molar-refractivity contribution in [1.29, 1.82) is 0 Å². The van der Waals surface area contributed by atoms with Gasteiger partial charge in [0.1, 0.15) is 5.82 Å². The van der Waals surface area contributed by atoms with E-state index in [-0.39, 0.29) is 0 Å². The lowest BCUT2D eigenvalue weighted by atomic mass is 10.1. The fourth-order valence-corrected chi connectivity index (χ4v) is 2.79. The van der Waals surface area contributed by atoms with Gasteiger partial charge in [0.25, 0.3) is 0 Å². The Hall–Kier alpha value is -1.80. The molecule has 0 amide bonds. The van der Waals surface area contributed by atoms with Crippen LogP contribution in [0.15, 0.2) is 48.5 Å². The topological polar surface area (TPSA) is 17.8 Å². The molecule has 0 unspecified atom stereocenters. The number of nitrogens with zero attached hydrogens (tertiary/aromatic N) is 2. The number of benzene rings is 2. The van der Waals surface area contributed by atoms with Gasteiger partial charge in [-0.05, 0) is 30.2 Å². The molecule has 0 radical (unpaired) electrons. The van der Waals surface area contributed by atoms with Crippen molar-refractivity contribution < 1.29 is 0 Å². The van der Waals surface area contributed by atoms with E-state index in [1.165, 1.54) is 11.3 Å². The number of imidazole rings is 1. The van der Waals surface area contributed by atoms with Gasteiger partial charge < -0.3 is 0 Å². The minimum absolute atomic E-state index is 0.581. The number of alkyl halides is 1. The van der Waals surface area contributed by atoms with Crippen LogP contribution in [0.1, 0.15) is 18.3 Å². The molecule has 0 atom stereocenters. The fourth-order valence-electron chi connectivity index (χ4n) is 2.62. The summed E-state index contributed by atoms with van der Waals surface area (Å²) in [6.07, 6.45) is 1.78. The van der Waals surface area contributed by atoms with E-state index >= 15 is 0 Å². The number of para-hydroxylation sites is 3. The van der Waals surface area contributed by atoms with Crippen molar-refractivity contribution in [2.45, 2.75) is 19.8 Å². The molecule has 0 aliphatic carbocycles. The van der Waals surface area contributed by atoms with Crippen molar-refractivity contribution >= 4 is 22.6 Å². The fraction of sp³-hybridized carbons (Fsp3) is 0.235. The summed E-state index contributed by atoms with van der Waals surface area (Å²) in [7, 11) is 0. The second kappa shape index (κ2) is 5.68. The summed E-state index contributed by atoms with van der Waals surface area (Å²) < 4.78 is 2.25. The molecule has 0 spiro atoms. The van der Waals surface area contributed by atoms with Gasteiger partial charge in [-0.3, -0.25) is 4.57 Å². The molecule has 0 bridgehead atoms. The summed E-state index contributed by atoms with van der Waals surface area (Å²) in [5.74, 6) is 1.61. The van der Waals surface area contributed by atoms with Crippen LogP contribution in [0.2, 0.25) is 0 Å². The Kier molecular flexibility index (Phi) is 3.75. The highest BCUT2D eigenvalue weighted by atomic mass is 35.5. The normalized spacial score (nSPS) is 11.1. The second-order valence-corrected chi connectivity index (χ2v) is 5.15. The molecule has 0 saturated carbocycles. The van der Waals surface area contributed by atoms with Crippen LogP contribution in [0, 0.1) is 0 Å². The highest BCUT2D eigenvalue weighted by Gasteiger charge is 2.13. The van der Waals surface area contributed by atoms with Crippen LogP contribution in [-0.2, 0) is 12.8 Å². The Morgan fingerprint density at radius 3 is 2.60 bits per heavy atom. The molecule has 20 heavy (non-hydrogen) atoms.